The van der Waals surface area contributed by atoms with Crippen LogP contribution in [0.4, 0.5) is 4.39 Å². The predicted molar refractivity (Wildman–Crippen MR) is 107 cm³/mol. The van der Waals surface area contributed by atoms with Crippen molar-refractivity contribution in [2.45, 2.75) is 0 Å². The molecule has 3 aromatic rings. The normalized spacial score (nSPS) is 11.1. The molecule has 0 aliphatic heterocycles. The number of halogens is 2. The number of hydrogen-bond acceptors (Lipinski definition) is 5. The summed E-state index contributed by atoms with van der Waals surface area (Å²) < 4.78 is 40.3. The molecule has 0 amide bonds. The lowest BCUT2D eigenvalue weighted by atomic mass is 9.93. The van der Waals surface area contributed by atoms with E-state index >= 15 is 0 Å². The van der Waals surface area contributed by atoms with Crippen molar-refractivity contribution in [1.29, 1.82) is 0 Å². The molecule has 0 spiro atoms. The van der Waals surface area contributed by atoms with Crippen LogP contribution in [-0.4, -0.2) is 26.2 Å². The van der Waals surface area contributed by atoms with Crippen LogP contribution in [0.25, 0.3) is 0 Å². The van der Waals surface area contributed by atoms with E-state index in [0.717, 1.165) is 18.4 Å². The first-order chi connectivity index (χ1) is 13.6. The third-order valence-corrected chi connectivity index (χ3v) is 4.67. The van der Waals surface area contributed by atoms with E-state index in [-0.39, 0.29) is 33.0 Å². The van der Waals surface area contributed by atoms with Gasteiger partial charge in [-0.2, -0.15) is 8.42 Å². The maximum Gasteiger partial charge on any atom is 0.306 e. The highest BCUT2D eigenvalue weighted by atomic mass is 35.5. The van der Waals surface area contributed by atoms with Gasteiger partial charge in [-0.05, 0) is 66.7 Å². The van der Waals surface area contributed by atoms with Gasteiger partial charge in [-0.1, -0.05) is 11.6 Å². The Morgan fingerprint density at radius 2 is 1.34 bits per heavy atom. The SMILES string of the molecule is CS(=O)(=O)Oc1ccc(C(=O)c2ccc(Cl)cc2C(=O)c2ccc(F)cc2)cc1. The number of carbonyl (C=O) groups is 2. The van der Waals surface area contributed by atoms with Crippen LogP contribution in [0.3, 0.4) is 0 Å². The summed E-state index contributed by atoms with van der Waals surface area (Å²) in [6.07, 6.45) is 0.910. The first-order valence-electron chi connectivity index (χ1n) is 8.28. The van der Waals surface area contributed by atoms with Gasteiger partial charge >= 0.3 is 10.1 Å². The molecule has 0 aromatic heterocycles. The summed E-state index contributed by atoms with van der Waals surface area (Å²) in [7, 11) is -3.69. The average Bonchev–Trinajstić information content (AvgIpc) is 2.67. The third-order valence-electron chi connectivity index (χ3n) is 3.94. The molecular weight excluding hydrogens is 419 g/mol. The maximum absolute atomic E-state index is 13.1. The molecular formula is C21H14ClFO5S. The van der Waals surface area contributed by atoms with Crippen LogP contribution < -0.4 is 4.18 Å². The Morgan fingerprint density at radius 1 is 0.828 bits per heavy atom. The summed E-state index contributed by atoms with van der Waals surface area (Å²) in [5.41, 5.74) is 0.618. The molecule has 29 heavy (non-hydrogen) atoms. The van der Waals surface area contributed by atoms with Crippen molar-refractivity contribution in [3.05, 3.63) is 99.8 Å². The van der Waals surface area contributed by atoms with E-state index in [0.29, 0.717) is 0 Å². The minimum Gasteiger partial charge on any atom is -0.383 e. The summed E-state index contributed by atoms with van der Waals surface area (Å²) in [6, 6.07) is 14.7. The monoisotopic (exact) mass is 432 g/mol. The van der Waals surface area contributed by atoms with Gasteiger partial charge in [0.25, 0.3) is 0 Å². The van der Waals surface area contributed by atoms with Gasteiger partial charge < -0.3 is 4.18 Å². The molecule has 0 fully saturated rings. The highest BCUT2D eigenvalue weighted by Gasteiger charge is 2.20. The fourth-order valence-corrected chi connectivity index (χ4v) is 3.28. The lowest BCUT2D eigenvalue weighted by Crippen LogP contribution is -2.11. The zero-order valence-corrected chi connectivity index (χ0v) is 16.6. The van der Waals surface area contributed by atoms with Crippen molar-refractivity contribution in [2.75, 3.05) is 6.26 Å². The third kappa shape index (κ3) is 5.07. The molecule has 0 saturated carbocycles. The lowest BCUT2D eigenvalue weighted by Gasteiger charge is -2.10. The summed E-state index contributed by atoms with van der Waals surface area (Å²) in [4.78, 5) is 25.8. The summed E-state index contributed by atoms with van der Waals surface area (Å²) in [5, 5.41) is 0.268. The van der Waals surface area contributed by atoms with Crippen molar-refractivity contribution in [3.63, 3.8) is 0 Å². The Kier molecular flexibility index (Phi) is 5.81. The fourth-order valence-electron chi connectivity index (χ4n) is 2.65. The molecule has 0 radical (unpaired) electrons. The van der Waals surface area contributed by atoms with Gasteiger partial charge in [0.2, 0.25) is 0 Å². The smallest absolute Gasteiger partial charge is 0.306 e. The zero-order valence-electron chi connectivity index (χ0n) is 15.1. The topological polar surface area (TPSA) is 77.5 Å². The van der Waals surface area contributed by atoms with Gasteiger partial charge in [0.05, 0.1) is 6.26 Å². The maximum atomic E-state index is 13.1. The van der Waals surface area contributed by atoms with Gasteiger partial charge in [0.1, 0.15) is 11.6 Å². The van der Waals surface area contributed by atoms with Crippen LogP contribution in [0.15, 0.2) is 66.7 Å². The molecule has 3 aromatic carbocycles. The van der Waals surface area contributed by atoms with Gasteiger partial charge in [-0.25, -0.2) is 4.39 Å². The van der Waals surface area contributed by atoms with Crippen LogP contribution in [0.1, 0.15) is 31.8 Å². The van der Waals surface area contributed by atoms with Crippen LogP contribution in [0.2, 0.25) is 5.02 Å². The van der Waals surface area contributed by atoms with E-state index in [2.05, 4.69) is 0 Å². The molecule has 5 nitrogen and oxygen atoms in total. The second kappa shape index (κ2) is 8.14. The van der Waals surface area contributed by atoms with Crippen molar-refractivity contribution < 1.29 is 26.6 Å². The first-order valence-corrected chi connectivity index (χ1v) is 10.5. The molecule has 0 bridgehead atoms. The Bertz CT molecular complexity index is 1190. The minimum atomic E-state index is -3.69. The molecule has 0 atom stereocenters. The fraction of sp³-hybridized carbons (Fsp3) is 0.0476. The van der Waals surface area contributed by atoms with Crippen LogP contribution in [0.5, 0.6) is 5.75 Å². The zero-order chi connectivity index (χ0) is 21.2. The molecule has 0 aliphatic rings. The van der Waals surface area contributed by atoms with Crippen LogP contribution in [0, 0.1) is 5.82 Å². The second-order valence-electron chi connectivity index (χ2n) is 6.17. The minimum absolute atomic E-state index is 0.0581. The lowest BCUT2D eigenvalue weighted by molar-refractivity contribution is 0.100. The first kappa shape index (κ1) is 20.7. The molecule has 0 saturated heterocycles. The van der Waals surface area contributed by atoms with Gasteiger partial charge in [-0.15, -0.1) is 0 Å². The van der Waals surface area contributed by atoms with E-state index in [1.807, 2.05) is 0 Å². The van der Waals surface area contributed by atoms with Crippen LogP contribution in [-0.2, 0) is 10.1 Å². The molecule has 0 N–H and O–H groups in total. The summed E-state index contributed by atoms with van der Waals surface area (Å²) >= 11 is 6.01. The van der Waals surface area contributed by atoms with E-state index in [9.17, 15) is 22.4 Å². The number of rotatable bonds is 6. The van der Waals surface area contributed by atoms with E-state index < -0.39 is 27.5 Å². The van der Waals surface area contributed by atoms with E-state index in [1.54, 1.807) is 0 Å². The second-order valence-corrected chi connectivity index (χ2v) is 8.18. The average molecular weight is 433 g/mol. The molecule has 0 aliphatic carbocycles. The van der Waals surface area contributed by atoms with E-state index in [1.165, 1.54) is 54.6 Å². The Morgan fingerprint density at radius 3 is 1.90 bits per heavy atom. The molecule has 8 heteroatoms. The molecule has 0 heterocycles. The molecule has 0 unspecified atom stereocenters. The van der Waals surface area contributed by atoms with Crippen molar-refractivity contribution >= 4 is 33.3 Å². The highest BCUT2D eigenvalue weighted by molar-refractivity contribution is 7.86. The molecule has 3 rings (SSSR count). The standard InChI is InChI=1S/C21H14ClFO5S/c1-29(26,27)28-17-9-4-14(5-10-17)20(24)18-11-6-15(22)12-19(18)21(25)13-2-7-16(23)8-3-13/h2-12H,1H3. The number of carbonyl (C=O) groups excluding carboxylic acids is 2. The Labute approximate surface area is 171 Å². The van der Waals surface area contributed by atoms with E-state index in [4.69, 9.17) is 15.8 Å². The summed E-state index contributed by atoms with van der Waals surface area (Å²) in [5.74, 6) is -1.37. The largest absolute Gasteiger partial charge is 0.383 e. The number of ketones is 2. The summed E-state index contributed by atoms with van der Waals surface area (Å²) in [6.45, 7) is 0. The van der Waals surface area contributed by atoms with Gasteiger partial charge in [-0.3, -0.25) is 9.59 Å². The number of benzene rings is 3. The predicted octanol–water partition coefficient (Wildman–Crippen LogP) is 4.28. The number of hydrogen-bond donors (Lipinski definition) is 0. The Balaban J connectivity index is 1.97. The molecule has 148 valence electrons. The van der Waals surface area contributed by atoms with Gasteiger partial charge in [0.15, 0.2) is 11.6 Å². The highest BCUT2D eigenvalue weighted by Crippen LogP contribution is 2.24. The van der Waals surface area contributed by atoms with Crippen molar-refractivity contribution in [3.8, 4) is 5.75 Å². The van der Waals surface area contributed by atoms with Crippen LogP contribution >= 0.6 is 11.6 Å². The van der Waals surface area contributed by atoms with Crippen molar-refractivity contribution in [1.82, 2.24) is 0 Å². The quantitative estimate of drug-likeness (QED) is 0.429. The van der Waals surface area contributed by atoms with Gasteiger partial charge in [0, 0.05) is 27.3 Å². The van der Waals surface area contributed by atoms with Crippen molar-refractivity contribution in [2.24, 2.45) is 0 Å². The Hall–Kier alpha value is -3.03.